The molecule has 4 nitrogen and oxygen atoms in total. The van der Waals surface area contributed by atoms with Crippen LogP contribution in [0.15, 0.2) is 47.5 Å². The van der Waals surface area contributed by atoms with Crippen LogP contribution in [0.4, 0.5) is 0 Å². The van der Waals surface area contributed by atoms with Gasteiger partial charge < -0.3 is 0 Å². The molecular formula is C14H14N2O2. The number of rotatable bonds is 4. The molecule has 0 aliphatic rings. The van der Waals surface area contributed by atoms with E-state index in [-0.39, 0.29) is 11.3 Å². The molecule has 18 heavy (non-hydrogen) atoms. The second-order valence-electron chi connectivity index (χ2n) is 4.10. The molecule has 0 amide bonds. The van der Waals surface area contributed by atoms with E-state index in [0.29, 0.717) is 24.2 Å². The van der Waals surface area contributed by atoms with Gasteiger partial charge in [-0.25, -0.2) is 4.98 Å². The van der Waals surface area contributed by atoms with E-state index in [4.69, 9.17) is 0 Å². The van der Waals surface area contributed by atoms with E-state index in [1.807, 2.05) is 18.2 Å². The number of benzene rings is 1. The summed E-state index contributed by atoms with van der Waals surface area (Å²) in [7, 11) is 0. The lowest BCUT2D eigenvalue weighted by molar-refractivity contribution is 0.0976. The van der Waals surface area contributed by atoms with Gasteiger partial charge in [0.15, 0.2) is 5.78 Å². The number of aromatic nitrogens is 2. The summed E-state index contributed by atoms with van der Waals surface area (Å²) in [5.41, 5.74) is 1.24. The topological polar surface area (TPSA) is 52.0 Å². The lowest BCUT2D eigenvalue weighted by Gasteiger charge is -2.04. The molecule has 0 radical (unpaired) electrons. The molecule has 0 spiro atoms. The van der Waals surface area contributed by atoms with E-state index in [1.54, 1.807) is 19.1 Å². The minimum atomic E-state index is -0.122. The van der Waals surface area contributed by atoms with Gasteiger partial charge in [-0.15, -0.1) is 0 Å². The highest BCUT2D eigenvalue weighted by atomic mass is 16.1. The van der Waals surface area contributed by atoms with Crippen molar-refractivity contribution >= 4 is 5.78 Å². The maximum Gasteiger partial charge on any atom is 0.253 e. The summed E-state index contributed by atoms with van der Waals surface area (Å²) in [6, 6.07) is 10.5. The molecule has 0 aliphatic heterocycles. The van der Waals surface area contributed by atoms with Gasteiger partial charge in [0.2, 0.25) is 0 Å². The number of carbonyl (C=O) groups is 1. The SMILES string of the molecule is Cc1cc(=O)n(CCC(=O)c2ccccc2)cn1. The van der Waals surface area contributed by atoms with Crippen molar-refractivity contribution in [2.75, 3.05) is 0 Å². The van der Waals surface area contributed by atoms with E-state index < -0.39 is 0 Å². The number of ketones is 1. The molecule has 1 aromatic carbocycles. The first-order chi connectivity index (χ1) is 8.66. The Kier molecular flexibility index (Phi) is 3.67. The summed E-state index contributed by atoms with van der Waals surface area (Å²) in [5.74, 6) is 0.0306. The monoisotopic (exact) mass is 242 g/mol. The Hall–Kier alpha value is -2.23. The first kappa shape index (κ1) is 12.2. The zero-order valence-electron chi connectivity index (χ0n) is 10.2. The van der Waals surface area contributed by atoms with Crippen LogP contribution in [0.5, 0.6) is 0 Å². The molecule has 0 fully saturated rings. The minimum Gasteiger partial charge on any atom is -0.299 e. The Morgan fingerprint density at radius 2 is 2.00 bits per heavy atom. The molecule has 0 atom stereocenters. The molecule has 1 aromatic heterocycles. The zero-order valence-corrected chi connectivity index (χ0v) is 10.2. The quantitative estimate of drug-likeness (QED) is 0.768. The Labute approximate surface area is 105 Å². The van der Waals surface area contributed by atoms with Crippen molar-refractivity contribution < 1.29 is 4.79 Å². The van der Waals surface area contributed by atoms with Crippen molar-refractivity contribution in [3.8, 4) is 0 Å². The fraction of sp³-hybridized carbons (Fsp3) is 0.214. The van der Waals surface area contributed by atoms with Crippen LogP contribution in [-0.4, -0.2) is 15.3 Å². The van der Waals surface area contributed by atoms with Gasteiger partial charge in [-0.1, -0.05) is 30.3 Å². The predicted molar refractivity (Wildman–Crippen MR) is 68.6 cm³/mol. The molecule has 0 saturated carbocycles. The average Bonchev–Trinajstić information content (AvgIpc) is 2.38. The number of hydrogen-bond acceptors (Lipinski definition) is 3. The minimum absolute atomic E-state index is 0.0306. The lowest BCUT2D eigenvalue weighted by Crippen LogP contribution is -2.21. The number of Topliss-reactive ketones (excluding diaryl/α,β-unsaturated/α-hetero) is 1. The maximum atomic E-state index is 11.9. The molecule has 92 valence electrons. The van der Waals surface area contributed by atoms with E-state index in [2.05, 4.69) is 4.98 Å². The number of carbonyl (C=O) groups excluding carboxylic acids is 1. The highest BCUT2D eigenvalue weighted by molar-refractivity contribution is 5.95. The van der Waals surface area contributed by atoms with Gasteiger partial charge in [0.1, 0.15) is 0 Å². The van der Waals surface area contributed by atoms with Gasteiger partial charge in [0.25, 0.3) is 5.56 Å². The lowest BCUT2D eigenvalue weighted by atomic mass is 10.1. The summed E-state index contributed by atoms with van der Waals surface area (Å²) < 4.78 is 1.45. The van der Waals surface area contributed by atoms with Crippen molar-refractivity contribution in [2.45, 2.75) is 19.9 Å². The van der Waals surface area contributed by atoms with Gasteiger partial charge in [-0.05, 0) is 6.92 Å². The fourth-order valence-electron chi connectivity index (χ4n) is 1.67. The molecule has 0 bridgehead atoms. The van der Waals surface area contributed by atoms with Crippen LogP contribution in [0.2, 0.25) is 0 Å². The van der Waals surface area contributed by atoms with Crippen LogP contribution in [0.1, 0.15) is 22.5 Å². The van der Waals surface area contributed by atoms with Crippen LogP contribution in [0.3, 0.4) is 0 Å². The van der Waals surface area contributed by atoms with E-state index >= 15 is 0 Å². The highest BCUT2D eigenvalue weighted by Gasteiger charge is 2.05. The molecule has 0 saturated heterocycles. The van der Waals surface area contributed by atoms with Crippen LogP contribution in [-0.2, 0) is 6.54 Å². The van der Waals surface area contributed by atoms with Crippen molar-refractivity contribution in [3.63, 3.8) is 0 Å². The largest absolute Gasteiger partial charge is 0.299 e. The van der Waals surface area contributed by atoms with E-state index in [1.165, 1.54) is 17.0 Å². The van der Waals surface area contributed by atoms with Crippen LogP contribution >= 0.6 is 0 Å². The summed E-state index contributed by atoms with van der Waals surface area (Å²) >= 11 is 0. The third kappa shape index (κ3) is 2.91. The molecule has 1 heterocycles. The van der Waals surface area contributed by atoms with Crippen molar-refractivity contribution in [2.24, 2.45) is 0 Å². The second kappa shape index (κ2) is 5.40. The third-order valence-corrected chi connectivity index (χ3v) is 2.69. The van der Waals surface area contributed by atoms with E-state index in [0.717, 1.165) is 0 Å². The molecule has 2 rings (SSSR count). The van der Waals surface area contributed by atoms with Gasteiger partial charge in [-0.3, -0.25) is 14.2 Å². The second-order valence-corrected chi connectivity index (χ2v) is 4.10. The van der Waals surface area contributed by atoms with Crippen LogP contribution < -0.4 is 5.56 Å². The molecule has 0 unspecified atom stereocenters. The Morgan fingerprint density at radius 3 is 2.67 bits per heavy atom. The van der Waals surface area contributed by atoms with Gasteiger partial charge in [0, 0.05) is 30.3 Å². The standard InChI is InChI=1S/C14H14N2O2/c1-11-9-14(18)16(10-15-11)8-7-13(17)12-5-3-2-4-6-12/h2-6,9-10H,7-8H2,1H3. The van der Waals surface area contributed by atoms with Gasteiger partial charge in [-0.2, -0.15) is 0 Å². The van der Waals surface area contributed by atoms with Crippen LogP contribution in [0, 0.1) is 6.92 Å². The zero-order chi connectivity index (χ0) is 13.0. The normalized spacial score (nSPS) is 10.3. The smallest absolute Gasteiger partial charge is 0.253 e. The molecule has 4 heteroatoms. The highest BCUT2D eigenvalue weighted by Crippen LogP contribution is 2.03. The Bertz CT molecular complexity index is 603. The van der Waals surface area contributed by atoms with Crippen LogP contribution in [0.25, 0.3) is 0 Å². The third-order valence-electron chi connectivity index (χ3n) is 2.69. The Balaban J connectivity index is 2.04. The average molecular weight is 242 g/mol. The van der Waals surface area contributed by atoms with Gasteiger partial charge >= 0.3 is 0 Å². The molecular weight excluding hydrogens is 228 g/mol. The molecule has 0 aliphatic carbocycles. The Morgan fingerprint density at radius 1 is 1.28 bits per heavy atom. The number of nitrogens with zero attached hydrogens (tertiary/aromatic N) is 2. The summed E-state index contributed by atoms with van der Waals surface area (Å²) in [6.45, 7) is 2.13. The van der Waals surface area contributed by atoms with E-state index in [9.17, 15) is 9.59 Å². The van der Waals surface area contributed by atoms with Crippen molar-refractivity contribution in [1.82, 2.24) is 9.55 Å². The number of hydrogen-bond donors (Lipinski definition) is 0. The molecule has 2 aromatic rings. The summed E-state index contributed by atoms with van der Waals surface area (Å²) in [4.78, 5) is 27.5. The van der Waals surface area contributed by atoms with Gasteiger partial charge in [0.05, 0.1) is 6.33 Å². The maximum absolute atomic E-state index is 11.9. The summed E-state index contributed by atoms with van der Waals surface area (Å²) in [6.07, 6.45) is 1.78. The predicted octanol–water partition coefficient (Wildman–Crippen LogP) is 1.82. The first-order valence-electron chi connectivity index (χ1n) is 5.78. The number of aryl methyl sites for hydroxylation is 2. The first-order valence-corrected chi connectivity index (χ1v) is 5.78. The molecule has 0 N–H and O–H groups in total. The fourth-order valence-corrected chi connectivity index (χ4v) is 1.67. The van der Waals surface area contributed by atoms with Crippen molar-refractivity contribution in [3.05, 3.63) is 64.3 Å². The van der Waals surface area contributed by atoms with Crippen molar-refractivity contribution in [1.29, 1.82) is 0 Å². The summed E-state index contributed by atoms with van der Waals surface area (Å²) in [5, 5.41) is 0.